The van der Waals surface area contributed by atoms with Gasteiger partial charge in [-0.1, -0.05) is 24.6 Å². The molecule has 0 spiro atoms. The molecule has 156 valence electrons. The van der Waals surface area contributed by atoms with Crippen LogP contribution in [0.3, 0.4) is 0 Å². The molecule has 0 saturated carbocycles. The molecule has 2 N–H and O–H groups in total. The van der Waals surface area contributed by atoms with E-state index in [1.165, 1.54) is 24.1 Å². The first kappa shape index (κ1) is 20.9. The number of morpholine rings is 1. The zero-order valence-corrected chi connectivity index (χ0v) is 17.8. The Hall–Kier alpha value is -1.79. The number of nitrogens with one attached hydrogen (secondary N) is 2. The first-order chi connectivity index (χ1) is 13.6. The number of benzene rings is 1. The minimum absolute atomic E-state index is 0.427. The number of aryl methyl sites for hydroxylation is 1. The van der Waals surface area contributed by atoms with Crippen molar-refractivity contribution in [1.29, 1.82) is 0 Å². The van der Waals surface area contributed by atoms with Crippen molar-refractivity contribution in [2.45, 2.75) is 32.7 Å². The van der Waals surface area contributed by atoms with Crippen molar-refractivity contribution in [3.8, 4) is 0 Å². The average Bonchev–Trinajstić information content (AvgIpc) is 2.72. The van der Waals surface area contributed by atoms with Crippen LogP contribution in [0.5, 0.6) is 0 Å². The van der Waals surface area contributed by atoms with Gasteiger partial charge in [0.2, 0.25) is 0 Å². The quantitative estimate of drug-likeness (QED) is 0.578. The minimum Gasteiger partial charge on any atom is -0.379 e. The van der Waals surface area contributed by atoms with E-state index in [1.807, 2.05) is 7.05 Å². The number of hydrogen-bond donors (Lipinski definition) is 2. The van der Waals surface area contributed by atoms with Crippen molar-refractivity contribution < 1.29 is 4.74 Å². The number of aliphatic imine (C=N–C) groups is 1. The van der Waals surface area contributed by atoms with E-state index >= 15 is 0 Å². The van der Waals surface area contributed by atoms with E-state index in [0.717, 1.165) is 58.4 Å². The predicted molar refractivity (Wildman–Crippen MR) is 117 cm³/mol. The molecular formula is C22H37N5O. The van der Waals surface area contributed by atoms with Crippen LogP contribution in [0.4, 0.5) is 5.69 Å². The highest BCUT2D eigenvalue weighted by atomic mass is 16.5. The summed E-state index contributed by atoms with van der Waals surface area (Å²) in [6.45, 7) is 12.5. The zero-order valence-electron chi connectivity index (χ0n) is 17.8. The standard InChI is InChI=1S/C22H37N5O/c1-18-6-8-21(9-7-18)27-10-4-5-20(17-27)25-22(23-3)24-15-19(2)16-26-11-13-28-14-12-26/h6-9,19-20H,4-5,10-17H2,1-3H3,(H2,23,24,25). The van der Waals surface area contributed by atoms with Crippen molar-refractivity contribution in [1.82, 2.24) is 15.5 Å². The molecule has 0 amide bonds. The summed E-state index contributed by atoms with van der Waals surface area (Å²) in [5.74, 6) is 1.50. The van der Waals surface area contributed by atoms with Gasteiger partial charge in [0, 0.05) is 58.0 Å². The second kappa shape index (κ2) is 10.7. The van der Waals surface area contributed by atoms with Crippen LogP contribution in [0, 0.1) is 12.8 Å². The Morgan fingerprint density at radius 3 is 2.68 bits per heavy atom. The van der Waals surface area contributed by atoms with Gasteiger partial charge in [0.05, 0.1) is 13.2 Å². The average molecular weight is 388 g/mol. The minimum atomic E-state index is 0.427. The monoisotopic (exact) mass is 387 g/mol. The summed E-state index contributed by atoms with van der Waals surface area (Å²) in [5.41, 5.74) is 2.63. The van der Waals surface area contributed by atoms with Gasteiger partial charge in [-0.3, -0.25) is 9.89 Å². The molecule has 0 bridgehead atoms. The van der Waals surface area contributed by atoms with Crippen LogP contribution in [0.2, 0.25) is 0 Å². The summed E-state index contributed by atoms with van der Waals surface area (Å²) in [6.07, 6.45) is 2.39. The van der Waals surface area contributed by atoms with Crippen LogP contribution in [-0.4, -0.2) is 76.4 Å². The normalized spacial score (nSPS) is 22.8. The summed E-state index contributed by atoms with van der Waals surface area (Å²) < 4.78 is 5.44. The second-order valence-electron chi connectivity index (χ2n) is 8.24. The fourth-order valence-corrected chi connectivity index (χ4v) is 4.03. The maximum absolute atomic E-state index is 5.44. The lowest BCUT2D eigenvalue weighted by Crippen LogP contribution is -2.52. The molecule has 0 aromatic heterocycles. The fourth-order valence-electron chi connectivity index (χ4n) is 4.03. The van der Waals surface area contributed by atoms with Gasteiger partial charge in [0.25, 0.3) is 0 Å². The molecule has 2 unspecified atom stereocenters. The lowest BCUT2D eigenvalue weighted by Gasteiger charge is -2.35. The van der Waals surface area contributed by atoms with Crippen molar-refractivity contribution >= 4 is 11.6 Å². The van der Waals surface area contributed by atoms with Gasteiger partial charge in [-0.2, -0.15) is 0 Å². The molecule has 28 heavy (non-hydrogen) atoms. The van der Waals surface area contributed by atoms with Gasteiger partial charge in [-0.15, -0.1) is 0 Å². The Morgan fingerprint density at radius 2 is 1.96 bits per heavy atom. The third-order valence-corrected chi connectivity index (χ3v) is 5.68. The van der Waals surface area contributed by atoms with Gasteiger partial charge in [-0.25, -0.2) is 0 Å². The van der Waals surface area contributed by atoms with E-state index in [2.05, 4.69) is 63.5 Å². The van der Waals surface area contributed by atoms with E-state index < -0.39 is 0 Å². The maximum atomic E-state index is 5.44. The largest absolute Gasteiger partial charge is 0.379 e. The van der Waals surface area contributed by atoms with Gasteiger partial charge >= 0.3 is 0 Å². The fraction of sp³-hybridized carbons (Fsp3) is 0.682. The van der Waals surface area contributed by atoms with Crippen molar-refractivity contribution in [2.75, 3.05) is 64.4 Å². The highest BCUT2D eigenvalue weighted by Crippen LogP contribution is 2.20. The number of ether oxygens (including phenoxy) is 1. The van der Waals surface area contributed by atoms with E-state index in [9.17, 15) is 0 Å². The van der Waals surface area contributed by atoms with Crippen LogP contribution in [0.25, 0.3) is 0 Å². The molecule has 0 aliphatic carbocycles. The lowest BCUT2D eigenvalue weighted by atomic mass is 10.0. The van der Waals surface area contributed by atoms with Crippen LogP contribution in [-0.2, 0) is 4.74 Å². The molecule has 2 atom stereocenters. The van der Waals surface area contributed by atoms with E-state index in [-0.39, 0.29) is 0 Å². The summed E-state index contributed by atoms with van der Waals surface area (Å²) in [5, 5.41) is 7.17. The van der Waals surface area contributed by atoms with E-state index in [4.69, 9.17) is 4.74 Å². The SMILES string of the molecule is CN=C(NCC(C)CN1CCOCC1)NC1CCCN(c2ccc(C)cc2)C1. The third kappa shape index (κ3) is 6.38. The molecule has 2 aliphatic rings. The van der Waals surface area contributed by atoms with Gasteiger partial charge in [-0.05, 0) is 37.8 Å². The van der Waals surface area contributed by atoms with Gasteiger partial charge in [0.1, 0.15) is 0 Å². The Bertz CT molecular complexity index is 612. The number of piperidine rings is 1. The van der Waals surface area contributed by atoms with Crippen molar-refractivity contribution in [3.63, 3.8) is 0 Å². The zero-order chi connectivity index (χ0) is 19.8. The highest BCUT2D eigenvalue weighted by molar-refractivity contribution is 5.80. The number of nitrogens with zero attached hydrogens (tertiary/aromatic N) is 3. The molecule has 2 fully saturated rings. The molecule has 3 rings (SSSR count). The van der Waals surface area contributed by atoms with Crippen LogP contribution < -0.4 is 15.5 Å². The lowest BCUT2D eigenvalue weighted by molar-refractivity contribution is 0.0320. The van der Waals surface area contributed by atoms with Crippen LogP contribution in [0.1, 0.15) is 25.3 Å². The molecular weight excluding hydrogens is 350 g/mol. The highest BCUT2D eigenvalue weighted by Gasteiger charge is 2.21. The third-order valence-electron chi connectivity index (χ3n) is 5.68. The van der Waals surface area contributed by atoms with Gasteiger partial charge < -0.3 is 20.3 Å². The smallest absolute Gasteiger partial charge is 0.191 e. The summed E-state index contributed by atoms with van der Waals surface area (Å²) in [7, 11) is 1.86. The molecule has 2 aliphatic heterocycles. The van der Waals surface area contributed by atoms with E-state index in [1.54, 1.807) is 0 Å². The van der Waals surface area contributed by atoms with Crippen LogP contribution >= 0.6 is 0 Å². The number of anilines is 1. The Morgan fingerprint density at radius 1 is 1.21 bits per heavy atom. The number of hydrogen-bond acceptors (Lipinski definition) is 4. The topological polar surface area (TPSA) is 52.1 Å². The molecule has 6 heteroatoms. The molecule has 2 heterocycles. The molecule has 2 saturated heterocycles. The van der Waals surface area contributed by atoms with Crippen molar-refractivity contribution in [3.05, 3.63) is 29.8 Å². The number of rotatable bonds is 6. The molecule has 1 aromatic carbocycles. The summed E-state index contributed by atoms with van der Waals surface area (Å²) in [4.78, 5) is 9.43. The second-order valence-corrected chi connectivity index (χ2v) is 8.24. The molecule has 6 nitrogen and oxygen atoms in total. The van der Waals surface area contributed by atoms with Gasteiger partial charge in [0.15, 0.2) is 5.96 Å². The summed E-state index contributed by atoms with van der Waals surface area (Å²) in [6, 6.07) is 9.29. The first-order valence-corrected chi connectivity index (χ1v) is 10.7. The Labute approximate surface area is 170 Å². The number of guanidine groups is 1. The predicted octanol–water partition coefficient (Wildman–Crippen LogP) is 2.10. The maximum Gasteiger partial charge on any atom is 0.191 e. The van der Waals surface area contributed by atoms with E-state index in [0.29, 0.717) is 12.0 Å². The first-order valence-electron chi connectivity index (χ1n) is 10.7. The Balaban J connectivity index is 1.43. The Kier molecular flexibility index (Phi) is 7.98. The molecule has 0 radical (unpaired) electrons. The van der Waals surface area contributed by atoms with Crippen LogP contribution in [0.15, 0.2) is 29.3 Å². The summed E-state index contributed by atoms with van der Waals surface area (Å²) >= 11 is 0. The van der Waals surface area contributed by atoms with Crippen molar-refractivity contribution in [2.24, 2.45) is 10.9 Å². The molecule has 1 aromatic rings.